The number of fused-ring (bicyclic) bond motifs is 3. The summed E-state index contributed by atoms with van der Waals surface area (Å²) >= 11 is 0. The largest absolute Gasteiger partial charge is 0.360 e. The van der Waals surface area contributed by atoms with Crippen LogP contribution in [0, 0.1) is 0 Å². The van der Waals surface area contributed by atoms with E-state index in [1.165, 1.54) is 10.8 Å². The van der Waals surface area contributed by atoms with E-state index in [9.17, 15) is 4.79 Å². The van der Waals surface area contributed by atoms with E-state index in [1.807, 2.05) is 24.4 Å². The van der Waals surface area contributed by atoms with Crippen molar-refractivity contribution in [2.75, 3.05) is 0 Å². The third-order valence-electron chi connectivity index (χ3n) is 4.16. The smallest absolute Gasteiger partial charge is 0.271 e. The third-order valence-corrected chi connectivity index (χ3v) is 4.16. The number of carbonyl (C=O) groups is 1. The van der Waals surface area contributed by atoms with Crippen LogP contribution in [0.15, 0.2) is 78.3 Å². The van der Waals surface area contributed by atoms with Gasteiger partial charge in [0.15, 0.2) is 0 Å². The van der Waals surface area contributed by atoms with Gasteiger partial charge >= 0.3 is 0 Å². The number of pyridine rings is 1. The number of H-pyrrole nitrogens is 1. The van der Waals surface area contributed by atoms with Crippen LogP contribution < -0.4 is 5.43 Å². The zero-order chi connectivity index (χ0) is 17.8. The Kier molecular flexibility index (Phi) is 4.26. The van der Waals surface area contributed by atoms with E-state index in [0.29, 0.717) is 5.56 Å². The van der Waals surface area contributed by atoms with Crippen molar-refractivity contribution in [1.82, 2.24) is 15.4 Å². The first kappa shape index (κ1) is 15.8. The van der Waals surface area contributed by atoms with Crippen molar-refractivity contribution in [3.63, 3.8) is 0 Å². The summed E-state index contributed by atoms with van der Waals surface area (Å²) in [4.78, 5) is 19.1. The van der Waals surface area contributed by atoms with Gasteiger partial charge in [0, 0.05) is 41.1 Å². The molecular formula is C21H16N4O. The first-order valence-electron chi connectivity index (χ1n) is 8.22. The number of carbonyl (C=O) groups excluding carboxylic acids is 1. The summed E-state index contributed by atoms with van der Waals surface area (Å²) in [5, 5.41) is 7.49. The summed E-state index contributed by atoms with van der Waals surface area (Å²) < 4.78 is 0. The van der Waals surface area contributed by atoms with E-state index in [-0.39, 0.29) is 5.91 Å². The molecule has 0 aliphatic carbocycles. The highest BCUT2D eigenvalue weighted by Crippen LogP contribution is 2.27. The molecule has 2 aromatic heterocycles. The van der Waals surface area contributed by atoms with Crippen LogP contribution >= 0.6 is 0 Å². The predicted molar refractivity (Wildman–Crippen MR) is 105 cm³/mol. The molecule has 0 fully saturated rings. The molecule has 0 aliphatic heterocycles. The number of rotatable bonds is 4. The highest BCUT2D eigenvalue weighted by atomic mass is 16.2. The monoisotopic (exact) mass is 340 g/mol. The average molecular weight is 340 g/mol. The highest BCUT2D eigenvalue weighted by Gasteiger charge is 2.04. The molecule has 2 heterocycles. The van der Waals surface area contributed by atoms with Crippen LogP contribution in [0.3, 0.4) is 0 Å². The van der Waals surface area contributed by atoms with Crippen LogP contribution in [0.5, 0.6) is 0 Å². The molecule has 1 amide bonds. The molecule has 5 nitrogen and oxygen atoms in total. The molecule has 5 heteroatoms. The van der Waals surface area contributed by atoms with Crippen LogP contribution in [-0.4, -0.2) is 22.1 Å². The molecule has 2 N–H and O–H groups in total. The van der Waals surface area contributed by atoms with E-state index in [0.717, 1.165) is 16.5 Å². The maximum atomic E-state index is 11.9. The minimum Gasteiger partial charge on any atom is -0.360 e. The third kappa shape index (κ3) is 3.10. The number of hydrogen-bond donors (Lipinski definition) is 2. The number of aromatic amines is 1. The predicted octanol–water partition coefficient (Wildman–Crippen LogP) is 4.15. The number of nitrogens with one attached hydrogen (secondary N) is 2. The van der Waals surface area contributed by atoms with Gasteiger partial charge in [-0.05, 0) is 29.2 Å². The van der Waals surface area contributed by atoms with Crippen molar-refractivity contribution in [3.05, 3.63) is 84.3 Å². The second kappa shape index (κ2) is 7.03. The Balaban J connectivity index is 1.49. The second-order valence-corrected chi connectivity index (χ2v) is 5.77. The first-order valence-corrected chi connectivity index (χ1v) is 8.22. The van der Waals surface area contributed by atoms with Crippen LogP contribution in [0.4, 0.5) is 0 Å². The minimum atomic E-state index is -0.268. The Morgan fingerprint density at radius 2 is 1.88 bits per heavy atom. The van der Waals surface area contributed by atoms with Gasteiger partial charge in [-0.25, -0.2) is 5.43 Å². The molecule has 0 saturated heterocycles. The standard InChI is InChI=1S/C21H16N4O/c26-21(16-9-12-22-13-10-16)25-24-11-3-5-17-14-23-20-18-6-2-1-4-15(18)7-8-19(17)20/h1-14,23H,(H,25,26)/b5-3+,24-11+. The lowest BCUT2D eigenvalue weighted by Gasteiger charge is -1.99. The number of amides is 1. The summed E-state index contributed by atoms with van der Waals surface area (Å²) in [7, 11) is 0. The lowest BCUT2D eigenvalue weighted by atomic mass is 10.1. The molecule has 0 atom stereocenters. The molecule has 26 heavy (non-hydrogen) atoms. The topological polar surface area (TPSA) is 70.1 Å². The molecule has 0 spiro atoms. The highest BCUT2D eigenvalue weighted by molar-refractivity contribution is 6.08. The molecular weight excluding hydrogens is 324 g/mol. The fraction of sp³-hybridized carbons (Fsp3) is 0. The van der Waals surface area contributed by atoms with Gasteiger partial charge in [-0.3, -0.25) is 9.78 Å². The summed E-state index contributed by atoms with van der Waals surface area (Å²) in [5.74, 6) is -0.268. The number of nitrogens with zero attached hydrogens (tertiary/aromatic N) is 2. The van der Waals surface area contributed by atoms with Gasteiger partial charge < -0.3 is 4.98 Å². The number of hydrogen-bond acceptors (Lipinski definition) is 3. The van der Waals surface area contributed by atoms with Gasteiger partial charge in [-0.2, -0.15) is 5.10 Å². The Labute approximate surface area is 150 Å². The van der Waals surface area contributed by atoms with Crippen molar-refractivity contribution >= 4 is 39.9 Å². The number of allylic oxidation sites excluding steroid dienone is 1. The van der Waals surface area contributed by atoms with E-state index < -0.39 is 0 Å². The van der Waals surface area contributed by atoms with Crippen LogP contribution in [0.1, 0.15) is 15.9 Å². The molecule has 0 aliphatic rings. The van der Waals surface area contributed by atoms with Gasteiger partial charge in [-0.1, -0.05) is 42.5 Å². The van der Waals surface area contributed by atoms with Crippen LogP contribution in [0.25, 0.3) is 27.8 Å². The fourth-order valence-electron chi connectivity index (χ4n) is 2.89. The second-order valence-electron chi connectivity index (χ2n) is 5.77. The lowest BCUT2D eigenvalue weighted by molar-refractivity contribution is 0.0955. The van der Waals surface area contributed by atoms with E-state index in [2.05, 4.69) is 44.8 Å². The van der Waals surface area contributed by atoms with E-state index >= 15 is 0 Å². The molecule has 4 aromatic rings. The van der Waals surface area contributed by atoms with Crippen molar-refractivity contribution in [1.29, 1.82) is 0 Å². The van der Waals surface area contributed by atoms with Crippen molar-refractivity contribution in [2.24, 2.45) is 5.10 Å². The Bertz CT molecular complexity index is 1130. The zero-order valence-electron chi connectivity index (χ0n) is 13.9. The Hall–Kier alpha value is -3.73. The van der Waals surface area contributed by atoms with Crippen molar-refractivity contribution in [3.8, 4) is 0 Å². The lowest BCUT2D eigenvalue weighted by Crippen LogP contribution is -2.17. The van der Waals surface area contributed by atoms with Gasteiger partial charge in [0.2, 0.25) is 0 Å². The quantitative estimate of drug-likeness (QED) is 0.433. The average Bonchev–Trinajstić information content (AvgIpc) is 3.12. The number of benzene rings is 2. The summed E-state index contributed by atoms with van der Waals surface area (Å²) in [5.41, 5.74) is 5.19. The Morgan fingerprint density at radius 1 is 1.04 bits per heavy atom. The SMILES string of the molecule is O=C(N/N=C/C=C/c1c[nH]c2c1ccc1ccccc12)c1ccncc1. The maximum absolute atomic E-state index is 11.9. The van der Waals surface area contributed by atoms with Gasteiger partial charge in [-0.15, -0.1) is 0 Å². The number of hydrazone groups is 1. The Morgan fingerprint density at radius 3 is 2.77 bits per heavy atom. The van der Waals surface area contributed by atoms with E-state index in [4.69, 9.17) is 0 Å². The molecule has 126 valence electrons. The maximum Gasteiger partial charge on any atom is 0.271 e. The molecule has 0 radical (unpaired) electrons. The van der Waals surface area contributed by atoms with Crippen molar-refractivity contribution in [2.45, 2.75) is 0 Å². The summed E-state index contributed by atoms with van der Waals surface area (Å²) in [6.45, 7) is 0. The normalized spacial score (nSPS) is 11.7. The van der Waals surface area contributed by atoms with Crippen LogP contribution in [-0.2, 0) is 0 Å². The summed E-state index contributed by atoms with van der Waals surface area (Å²) in [6.07, 6.45) is 10.4. The zero-order valence-corrected chi connectivity index (χ0v) is 13.9. The van der Waals surface area contributed by atoms with Gasteiger partial charge in [0.25, 0.3) is 5.91 Å². The summed E-state index contributed by atoms with van der Waals surface area (Å²) in [6, 6.07) is 15.8. The molecule has 2 aromatic carbocycles. The molecule has 0 unspecified atom stereocenters. The van der Waals surface area contributed by atoms with Crippen LogP contribution in [0.2, 0.25) is 0 Å². The fourth-order valence-corrected chi connectivity index (χ4v) is 2.89. The molecule has 0 saturated carbocycles. The first-order chi connectivity index (χ1) is 12.8. The molecule has 0 bridgehead atoms. The van der Waals surface area contributed by atoms with E-state index in [1.54, 1.807) is 36.8 Å². The van der Waals surface area contributed by atoms with Gasteiger partial charge in [0.1, 0.15) is 0 Å². The van der Waals surface area contributed by atoms with Crippen molar-refractivity contribution < 1.29 is 4.79 Å². The molecule has 4 rings (SSSR count). The minimum absolute atomic E-state index is 0.268. The number of aromatic nitrogens is 2. The van der Waals surface area contributed by atoms with Gasteiger partial charge in [0.05, 0.1) is 5.52 Å².